The average Bonchev–Trinajstić information content (AvgIpc) is 2.88. The second-order valence-electron chi connectivity index (χ2n) is 8.47. The first kappa shape index (κ1) is 24.3. The van der Waals surface area contributed by atoms with Gasteiger partial charge in [0.2, 0.25) is 10.0 Å². The maximum absolute atomic E-state index is 13.2. The summed E-state index contributed by atoms with van der Waals surface area (Å²) in [4.78, 5) is 12.2. The Balaban J connectivity index is 1.36. The molecule has 35 heavy (non-hydrogen) atoms. The van der Waals surface area contributed by atoms with Crippen LogP contribution >= 0.6 is 0 Å². The van der Waals surface area contributed by atoms with Crippen LogP contribution in [0.1, 0.15) is 24.8 Å². The number of rotatable bonds is 6. The number of phenols is 1. The third kappa shape index (κ3) is 5.48. The normalized spacial score (nSPS) is 17.5. The standard InChI is InChI=1S/C25H26N4O5S/c26-18-25(20-4-1-5-22(30)15-20)10-12-29(13-11-25)35(32,33)23-8-6-21(7-9-23)28-24(31)27-16-19-3-2-14-34-17-19/h1-2,4-9,14-15,17,30H,3,10-13,16H2,(H2,27,28,31). The molecule has 0 radical (unpaired) electrons. The van der Waals surface area contributed by atoms with Crippen molar-refractivity contribution in [2.45, 2.75) is 29.6 Å². The molecule has 0 spiro atoms. The molecule has 4 rings (SSSR count). The fourth-order valence-electron chi connectivity index (χ4n) is 4.16. The molecule has 2 aliphatic rings. The number of nitriles is 1. The number of ether oxygens (including phenoxy) is 1. The van der Waals surface area contributed by atoms with Crippen LogP contribution in [-0.2, 0) is 20.2 Å². The quantitative estimate of drug-likeness (QED) is 0.562. The van der Waals surface area contributed by atoms with E-state index in [1.165, 1.54) is 34.6 Å². The molecule has 2 amide bonds. The second kappa shape index (κ2) is 10.2. The third-order valence-electron chi connectivity index (χ3n) is 6.20. The molecule has 0 atom stereocenters. The van der Waals surface area contributed by atoms with Crippen LogP contribution in [0.15, 0.2) is 77.6 Å². The molecule has 0 saturated carbocycles. The summed E-state index contributed by atoms with van der Waals surface area (Å²) in [7, 11) is -3.76. The van der Waals surface area contributed by atoms with E-state index >= 15 is 0 Å². The summed E-state index contributed by atoms with van der Waals surface area (Å²) in [6.45, 7) is 0.704. The van der Waals surface area contributed by atoms with Gasteiger partial charge in [-0.25, -0.2) is 13.2 Å². The summed E-state index contributed by atoms with van der Waals surface area (Å²) >= 11 is 0. The topological polar surface area (TPSA) is 132 Å². The second-order valence-corrected chi connectivity index (χ2v) is 10.4. The Bertz CT molecular complexity index is 1290. The number of carbonyl (C=O) groups is 1. The fourth-order valence-corrected chi connectivity index (χ4v) is 5.60. The molecule has 10 heteroatoms. The van der Waals surface area contributed by atoms with Crippen LogP contribution in [0.5, 0.6) is 5.75 Å². The molecule has 1 saturated heterocycles. The van der Waals surface area contributed by atoms with Gasteiger partial charge < -0.3 is 20.5 Å². The Labute approximate surface area is 204 Å². The van der Waals surface area contributed by atoms with Crippen molar-refractivity contribution in [2.75, 3.05) is 25.0 Å². The molecule has 0 unspecified atom stereocenters. The average molecular weight is 495 g/mol. The Morgan fingerprint density at radius 3 is 2.54 bits per heavy atom. The van der Waals surface area contributed by atoms with E-state index in [4.69, 9.17) is 4.74 Å². The smallest absolute Gasteiger partial charge is 0.319 e. The van der Waals surface area contributed by atoms with E-state index in [-0.39, 0.29) is 23.7 Å². The van der Waals surface area contributed by atoms with Crippen molar-refractivity contribution in [1.29, 1.82) is 5.26 Å². The summed E-state index contributed by atoms with van der Waals surface area (Å²) in [6.07, 6.45) is 6.37. The Kier molecular flexibility index (Phi) is 7.10. The highest BCUT2D eigenvalue weighted by Gasteiger charge is 2.40. The van der Waals surface area contributed by atoms with Gasteiger partial charge >= 0.3 is 6.03 Å². The van der Waals surface area contributed by atoms with Gasteiger partial charge in [0.15, 0.2) is 0 Å². The number of nitrogens with zero attached hydrogens (tertiary/aromatic N) is 2. The first-order valence-corrected chi connectivity index (χ1v) is 12.6. The van der Waals surface area contributed by atoms with Gasteiger partial charge in [-0.15, -0.1) is 0 Å². The Hall–Kier alpha value is -3.81. The number of aromatic hydroxyl groups is 1. The third-order valence-corrected chi connectivity index (χ3v) is 8.12. The van der Waals surface area contributed by atoms with Crippen LogP contribution in [0.2, 0.25) is 0 Å². The van der Waals surface area contributed by atoms with E-state index in [9.17, 15) is 23.6 Å². The van der Waals surface area contributed by atoms with E-state index in [0.717, 1.165) is 5.57 Å². The number of allylic oxidation sites excluding steroid dienone is 1. The van der Waals surface area contributed by atoms with E-state index in [1.54, 1.807) is 30.7 Å². The van der Waals surface area contributed by atoms with Crippen LogP contribution in [0.3, 0.4) is 0 Å². The maximum atomic E-state index is 13.2. The fraction of sp³-hybridized carbons (Fsp3) is 0.280. The Morgan fingerprint density at radius 1 is 1.17 bits per heavy atom. The minimum absolute atomic E-state index is 0.0757. The molecule has 1 fully saturated rings. The van der Waals surface area contributed by atoms with Gasteiger partial charge in [0, 0.05) is 25.3 Å². The molecule has 0 aromatic heterocycles. The Morgan fingerprint density at radius 2 is 1.91 bits per heavy atom. The first-order valence-electron chi connectivity index (χ1n) is 11.2. The van der Waals surface area contributed by atoms with Gasteiger partial charge in [-0.2, -0.15) is 9.57 Å². The van der Waals surface area contributed by atoms with Crippen LogP contribution < -0.4 is 10.6 Å². The lowest BCUT2D eigenvalue weighted by Gasteiger charge is -2.37. The van der Waals surface area contributed by atoms with Crippen LogP contribution in [0.25, 0.3) is 0 Å². The number of hydrogen-bond donors (Lipinski definition) is 3. The first-order chi connectivity index (χ1) is 16.8. The number of piperidine rings is 1. The molecule has 2 aromatic rings. The monoisotopic (exact) mass is 494 g/mol. The van der Waals surface area contributed by atoms with E-state index < -0.39 is 21.5 Å². The molecule has 0 aliphatic carbocycles. The lowest BCUT2D eigenvalue weighted by Crippen LogP contribution is -2.44. The maximum Gasteiger partial charge on any atom is 0.319 e. The van der Waals surface area contributed by atoms with Crippen molar-refractivity contribution in [3.63, 3.8) is 0 Å². The molecule has 9 nitrogen and oxygen atoms in total. The van der Waals surface area contributed by atoms with Crippen molar-refractivity contribution >= 4 is 21.7 Å². The van der Waals surface area contributed by atoms with Crippen molar-refractivity contribution < 1.29 is 23.1 Å². The van der Waals surface area contributed by atoms with Crippen molar-refractivity contribution in [3.05, 3.63) is 78.3 Å². The predicted molar refractivity (Wildman–Crippen MR) is 130 cm³/mol. The molecular weight excluding hydrogens is 468 g/mol. The predicted octanol–water partition coefficient (Wildman–Crippen LogP) is 3.58. The number of carbonyl (C=O) groups excluding carboxylic acids is 1. The molecule has 2 heterocycles. The number of phenolic OH excluding ortho intramolecular Hbond substituents is 1. The van der Waals surface area contributed by atoms with Crippen molar-refractivity contribution in [2.24, 2.45) is 0 Å². The number of benzene rings is 2. The summed E-state index contributed by atoms with van der Waals surface area (Å²) < 4.78 is 32.8. The van der Waals surface area contributed by atoms with Crippen molar-refractivity contribution in [1.82, 2.24) is 9.62 Å². The molecule has 3 N–H and O–H groups in total. The largest absolute Gasteiger partial charge is 0.508 e. The highest BCUT2D eigenvalue weighted by molar-refractivity contribution is 7.89. The summed E-state index contributed by atoms with van der Waals surface area (Å²) in [5.41, 5.74) is 1.23. The minimum atomic E-state index is -3.76. The SMILES string of the molecule is N#CC1(c2cccc(O)c2)CCN(S(=O)(=O)c2ccc(NC(=O)NCC3=COC=CC3)cc2)CC1. The number of urea groups is 1. The van der Waals surface area contributed by atoms with Crippen LogP contribution in [0, 0.1) is 11.3 Å². The zero-order valence-corrected chi connectivity index (χ0v) is 19.8. The summed E-state index contributed by atoms with van der Waals surface area (Å²) in [6, 6.07) is 14.5. The zero-order chi connectivity index (χ0) is 24.9. The molecule has 2 aliphatic heterocycles. The number of sulfonamides is 1. The summed E-state index contributed by atoms with van der Waals surface area (Å²) in [5.74, 6) is 0.0757. The number of amides is 2. The van der Waals surface area contributed by atoms with E-state index in [2.05, 4.69) is 16.7 Å². The highest BCUT2D eigenvalue weighted by atomic mass is 32.2. The number of nitrogens with one attached hydrogen (secondary N) is 2. The minimum Gasteiger partial charge on any atom is -0.508 e. The van der Waals surface area contributed by atoms with Gasteiger partial charge in [-0.1, -0.05) is 12.1 Å². The summed E-state index contributed by atoms with van der Waals surface area (Å²) in [5, 5.41) is 25.1. The number of hydrogen-bond acceptors (Lipinski definition) is 6. The van der Waals surface area contributed by atoms with Gasteiger partial charge in [0.05, 0.1) is 28.9 Å². The lowest BCUT2D eigenvalue weighted by molar-refractivity contribution is 0.252. The van der Waals surface area contributed by atoms with E-state index in [0.29, 0.717) is 37.1 Å². The zero-order valence-electron chi connectivity index (χ0n) is 19.0. The number of anilines is 1. The van der Waals surface area contributed by atoms with Gasteiger partial charge in [-0.05, 0) is 72.9 Å². The highest BCUT2D eigenvalue weighted by Crippen LogP contribution is 2.37. The van der Waals surface area contributed by atoms with Gasteiger partial charge in [0.1, 0.15) is 5.75 Å². The molecular formula is C25H26N4O5S. The van der Waals surface area contributed by atoms with Crippen molar-refractivity contribution in [3.8, 4) is 11.8 Å². The van der Waals surface area contributed by atoms with Crippen LogP contribution in [-0.4, -0.2) is 43.5 Å². The molecule has 2 aromatic carbocycles. The van der Waals surface area contributed by atoms with Gasteiger partial charge in [-0.3, -0.25) is 0 Å². The van der Waals surface area contributed by atoms with Gasteiger partial charge in [0.25, 0.3) is 0 Å². The molecule has 0 bridgehead atoms. The lowest BCUT2D eigenvalue weighted by atomic mass is 9.74. The van der Waals surface area contributed by atoms with Crippen LogP contribution in [0.4, 0.5) is 10.5 Å². The molecule has 182 valence electrons. The van der Waals surface area contributed by atoms with E-state index in [1.807, 2.05) is 6.08 Å².